The number of nitrogens with zero attached hydrogens (tertiary/aromatic N) is 1. The summed E-state index contributed by atoms with van der Waals surface area (Å²) in [7, 11) is 1.55. The topological polar surface area (TPSA) is 49.8 Å². The van der Waals surface area contributed by atoms with E-state index >= 15 is 0 Å². The van der Waals surface area contributed by atoms with Crippen molar-refractivity contribution in [2.75, 3.05) is 7.11 Å². The lowest BCUT2D eigenvalue weighted by Crippen LogP contribution is -2.43. The summed E-state index contributed by atoms with van der Waals surface area (Å²) in [5.74, 6) is 0.341. The van der Waals surface area contributed by atoms with Crippen molar-refractivity contribution in [3.8, 4) is 5.75 Å². The second kappa shape index (κ2) is 6.65. The molecule has 0 aliphatic carbocycles. The Balaban J connectivity index is 2.05. The van der Waals surface area contributed by atoms with Crippen LogP contribution in [-0.4, -0.2) is 23.0 Å². The van der Waals surface area contributed by atoms with E-state index in [4.69, 9.17) is 4.74 Å². The molecule has 3 rings (SSSR count). The molecule has 1 aliphatic rings. The van der Waals surface area contributed by atoms with Crippen LogP contribution in [0.3, 0.4) is 0 Å². The lowest BCUT2D eigenvalue weighted by atomic mass is 9.95. The van der Waals surface area contributed by atoms with E-state index in [1.54, 1.807) is 18.1 Å². The number of unbranched alkanes of at least 4 members (excludes halogenated alkanes) is 1. The molecule has 1 heterocycles. The van der Waals surface area contributed by atoms with Gasteiger partial charge in [-0.05, 0) is 24.5 Å². The zero-order valence-electron chi connectivity index (χ0n) is 14.2. The quantitative estimate of drug-likeness (QED) is 0.881. The van der Waals surface area contributed by atoms with Gasteiger partial charge in [-0.3, -0.25) is 4.79 Å². The number of benzene rings is 2. The largest absolute Gasteiger partial charge is 0.496 e. The Morgan fingerprint density at radius 1 is 1.12 bits per heavy atom. The minimum Gasteiger partial charge on any atom is -0.496 e. The van der Waals surface area contributed by atoms with Gasteiger partial charge in [-0.2, -0.15) is 0 Å². The van der Waals surface area contributed by atoms with Gasteiger partial charge in [-0.25, -0.2) is 0 Å². The molecule has 0 bridgehead atoms. The zero-order valence-corrected chi connectivity index (χ0v) is 14.2. The van der Waals surface area contributed by atoms with E-state index in [1.165, 1.54) is 0 Å². The fourth-order valence-electron chi connectivity index (χ4n) is 3.37. The standard InChI is InChI=1S/C20H23NO3/c1-3-4-13-20(23)16-11-8-12-17(24-2)18(16)19(22)21(20)14-15-9-6-5-7-10-15/h5-12,23H,3-4,13-14H2,1-2H3. The van der Waals surface area contributed by atoms with Gasteiger partial charge >= 0.3 is 0 Å². The maximum Gasteiger partial charge on any atom is 0.260 e. The minimum atomic E-state index is -1.28. The van der Waals surface area contributed by atoms with Crippen LogP contribution in [0, 0.1) is 0 Å². The average molecular weight is 325 g/mol. The van der Waals surface area contributed by atoms with Crippen molar-refractivity contribution in [2.45, 2.75) is 38.5 Å². The molecule has 1 unspecified atom stereocenters. The zero-order chi connectivity index (χ0) is 17.2. The van der Waals surface area contributed by atoms with Crippen molar-refractivity contribution in [1.82, 2.24) is 4.90 Å². The predicted molar refractivity (Wildman–Crippen MR) is 92.7 cm³/mol. The molecule has 24 heavy (non-hydrogen) atoms. The molecule has 1 aliphatic heterocycles. The molecule has 0 spiro atoms. The molecule has 1 amide bonds. The second-order valence-electron chi connectivity index (χ2n) is 6.18. The van der Waals surface area contributed by atoms with E-state index < -0.39 is 5.72 Å². The van der Waals surface area contributed by atoms with Crippen molar-refractivity contribution < 1.29 is 14.6 Å². The number of rotatable bonds is 6. The Hall–Kier alpha value is -2.33. The number of methoxy groups -OCH3 is 1. The van der Waals surface area contributed by atoms with Gasteiger partial charge in [-0.15, -0.1) is 0 Å². The number of carbonyl (C=O) groups is 1. The Morgan fingerprint density at radius 3 is 2.54 bits per heavy atom. The summed E-state index contributed by atoms with van der Waals surface area (Å²) in [5.41, 5.74) is 0.839. The molecule has 0 saturated heterocycles. The molecule has 0 saturated carbocycles. The lowest BCUT2D eigenvalue weighted by Gasteiger charge is -2.34. The summed E-state index contributed by atoms with van der Waals surface area (Å²) in [4.78, 5) is 14.6. The maximum absolute atomic E-state index is 13.0. The smallest absolute Gasteiger partial charge is 0.260 e. The second-order valence-corrected chi connectivity index (χ2v) is 6.18. The third-order valence-electron chi connectivity index (χ3n) is 4.65. The number of amides is 1. The van der Waals surface area contributed by atoms with Gasteiger partial charge in [0, 0.05) is 12.1 Å². The Morgan fingerprint density at radius 2 is 1.88 bits per heavy atom. The van der Waals surface area contributed by atoms with E-state index in [1.807, 2.05) is 42.5 Å². The summed E-state index contributed by atoms with van der Waals surface area (Å²) in [5, 5.41) is 11.4. The highest BCUT2D eigenvalue weighted by Gasteiger charge is 2.49. The van der Waals surface area contributed by atoms with Gasteiger partial charge in [0.05, 0.1) is 12.7 Å². The Bertz CT molecular complexity index is 729. The van der Waals surface area contributed by atoms with Gasteiger partial charge in [-0.1, -0.05) is 55.8 Å². The molecule has 2 aromatic carbocycles. The van der Waals surface area contributed by atoms with E-state index in [9.17, 15) is 9.90 Å². The monoisotopic (exact) mass is 325 g/mol. The molecule has 126 valence electrons. The molecular formula is C20H23NO3. The highest BCUT2D eigenvalue weighted by atomic mass is 16.5. The van der Waals surface area contributed by atoms with E-state index in [0.29, 0.717) is 29.8 Å². The number of hydrogen-bond donors (Lipinski definition) is 1. The lowest BCUT2D eigenvalue weighted by molar-refractivity contribution is -0.0956. The van der Waals surface area contributed by atoms with Crippen LogP contribution in [0.1, 0.15) is 47.7 Å². The molecule has 4 nitrogen and oxygen atoms in total. The summed E-state index contributed by atoms with van der Waals surface area (Å²) < 4.78 is 5.37. The van der Waals surface area contributed by atoms with Crippen LogP contribution in [0.25, 0.3) is 0 Å². The fourth-order valence-corrected chi connectivity index (χ4v) is 3.37. The highest BCUT2D eigenvalue weighted by Crippen LogP contribution is 2.44. The van der Waals surface area contributed by atoms with Crippen LogP contribution < -0.4 is 4.74 Å². The van der Waals surface area contributed by atoms with Crippen LogP contribution in [-0.2, 0) is 12.3 Å². The number of carbonyl (C=O) groups excluding carboxylic acids is 1. The van der Waals surface area contributed by atoms with Crippen molar-refractivity contribution in [3.05, 3.63) is 65.2 Å². The third kappa shape index (κ3) is 2.67. The molecule has 0 fully saturated rings. The van der Waals surface area contributed by atoms with Crippen molar-refractivity contribution in [2.24, 2.45) is 0 Å². The molecule has 0 aromatic heterocycles. The van der Waals surface area contributed by atoms with Gasteiger partial charge < -0.3 is 14.7 Å². The number of fused-ring (bicyclic) bond motifs is 1. The summed E-state index contributed by atoms with van der Waals surface area (Å²) in [6, 6.07) is 15.2. The van der Waals surface area contributed by atoms with Crippen molar-refractivity contribution in [3.63, 3.8) is 0 Å². The number of aliphatic hydroxyl groups is 1. The fraction of sp³-hybridized carbons (Fsp3) is 0.350. The molecule has 1 atom stereocenters. The highest BCUT2D eigenvalue weighted by molar-refractivity contribution is 6.02. The first-order chi connectivity index (χ1) is 11.6. The van der Waals surface area contributed by atoms with Crippen LogP contribution >= 0.6 is 0 Å². The SMILES string of the molecule is CCCCC1(O)c2cccc(OC)c2C(=O)N1Cc1ccccc1. The number of hydrogen-bond acceptors (Lipinski definition) is 3. The van der Waals surface area contributed by atoms with E-state index in [2.05, 4.69) is 6.92 Å². The third-order valence-corrected chi connectivity index (χ3v) is 4.65. The molecule has 4 heteroatoms. The molecule has 1 N–H and O–H groups in total. The summed E-state index contributed by atoms with van der Waals surface area (Å²) in [6.45, 7) is 2.45. The van der Waals surface area contributed by atoms with Gasteiger partial charge in [0.15, 0.2) is 5.72 Å². The first-order valence-corrected chi connectivity index (χ1v) is 8.37. The van der Waals surface area contributed by atoms with E-state index in [-0.39, 0.29) is 5.91 Å². The summed E-state index contributed by atoms with van der Waals surface area (Å²) in [6.07, 6.45) is 2.31. The average Bonchev–Trinajstić information content (AvgIpc) is 2.83. The van der Waals surface area contributed by atoms with Crippen LogP contribution in [0.15, 0.2) is 48.5 Å². The molecule has 2 aromatic rings. The van der Waals surface area contributed by atoms with Crippen molar-refractivity contribution >= 4 is 5.91 Å². The Kier molecular flexibility index (Phi) is 4.58. The first kappa shape index (κ1) is 16.5. The molecule has 0 radical (unpaired) electrons. The Labute approximate surface area is 142 Å². The minimum absolute atomic E-state index is 0.176. The number of ether oxygens (including phenoxy) is 1. The predicted octanol–water partition coefficient (Wildman–Crippen LogP) is 3.69. The van der Waals surface area contributed by atoms with Crippen LogP contribution in [0.2, 0.25) is 0 Å². The molecular weight excluding hydrogens is 302 g/mol. The van der Waals surface area contributed by atoms with Crippen molar-refractivity contribution in [1.29, 1.82) is 0 Å². The van der Waals surface area contributed by atoms with E-state index in [0.717, 1.165) is 18.4 Å². The van der Waals surface area contributed by atoms with Gasteiger partial charge in [0.25, 0.3) is 5.91 Å². The van der Waals surface area contributed by atoms with Gasteiger partial charge in [0.2, 0.25) is 0 Å². The first-order valence-electron chi connectivity index (χ1n) is 8.37. The summed E-state index contributed by atoms with van der Waals surface area (Å²) >= 11 is 0. The normalized spacial score (nSPS) is 19.5. The van der Waals surface area contributed by atoms with Gasteiger partial charge in [0.1, 0.15) is 5.75 Å². The van der Waals surface area contributed by atoms with Crippen LogP contribution in [0.5, 0.6) is 5.75 Å². The van der Waals surface area contributed by atoms with Crippen LogP contribution in [0.4, 0.5) is 0 Å². The maximum atomic E-state index is 13.0.